The number of ether oxygens (including phenoxy) is 1. The molecule has 2 aromatic heterocycles. The van der Waals surface area contributed by atoms with Gasteiger partial charge in [0.25, 0.3) is 0 Å². The van der Waals surface area contributed by atoms with Gasteiger partial charge in [-0.1, -0.05) is 15.9 Å². The fraction of sp³-hybridized carbons (Fsp3) is 0.320. The van der Waals surface area contributed by atoms with Crippen LogP contribution in [0.1, 0.15) is 54.0 Å². The third kappa shape index (κ3) is 2.75. The predicted molar refractivity (Wildman–Crippen MR) is 128 cm³/mol. The number of fused-ring (bicyclic) bond motifs is 7. The molecular weight excluding hydrogens is 468 g/mol. The third-order valence-electron chi connectivity index (χ3n) is 6.35. The van der Waals surface area contributed by atoms with Crippen molar-refractivity contribution in [3.63, 3.8) is 0 Å². The fourth-order valence-corrected chi connectivity index (χ4v) is 5.52. The van der Waals surface area contributed by atoms with Crippen molar-refractivity contribution in [2.45, 2.75) is 39.7 Å². The van der Waals surface area contributed by atoms with E-state index in [0.29, 0.717) is 11.1 Å². The molecule has 0 spiro atoms. The number of nitriles is 1. The van der Waals surface area contributed by atoms with E-state index < -0.39 is 5.97 Å². The number of carbonyl (C=O) groups excluding carboxylic acids is 1. The van der Waals surface area contributed by atoms with E-state index in [2.05, 4.69) is 51.6 Å². The van der Waals surface area contributed by atoms with E-state index in [-0.39, 0.29) is 12.6 Å². The zero-order valence-corrected chi connectivity index (χ0v) is 20.1. The summed E-state index contributed by atoms with van der Waals surface area (Å²) in [4.78, 5) is 13.3. The number of rotatable bonds is 3. The summed E-state index contributed by atoms with van der Waals surface area (Å²) >= 11 is 3.59. The van der Waals surface area contributed by atoms with Crippen LogP contribution in [0.3, 0.4) is 0 Å². The Balaban J connectivity index is 2.08. The van der Waals surface area contributed by atoms with Gasteiger partial charge in [-0.15, -0.1) is 0 Å². The molecule has 4 aromatic rings. The first-order chi connectivity index (χ1) is 15.4. The van der Waals surface area contributed by atoms with Gasteiger partial charge in [0.1, 0.15) is 6.07 Å². The Hall–Kier alpha value is -3.11. The standard InChI is InChI=1S/C25H23BrN4O2/c1-5-32-25(31)23-17(11-27)22-16-10-14(26)6-8-20(16)30(13(2)3)24(22)15-7-9-19-18(21(15)23)12-28-29(19)4/h6,8,10,12-13H,5,7,9H2,1-4H3. The van der Waals surface area contributed by atoms with Gasteiger partial charge in [-0.25, -0.2) is 4.79 Å². The molecule has 1 aliphatic carbocycles. The molecule has 1 aliphatic rings. The largest absolute Gasteiger partial charge is 0.462 e. The molecule has 0 amide bonds. The molecule has 0 N–H and O–H groups in total. The highest BCUT2D eigenvalue weighted by Gasteiger charge is 2.34. The molecule has 0 aliphatic heterocycles. The number of halogens is 1. The number of aromatic nitrogens is 3. The molecule has 32 heavy (non-hydrogen) atoms. The molecule has 0 fully saturated rings. The Morgan fingerprint density at radius 1 is 1.34 bits per heavy atom. The molecular formula is C25H23BrN4O2. The fourth-order valence-electron chi connectivity index (χ4n) is 5.16. The average Bonchev–Trinajstić information content (AvgIpc) is 3.30. The Morgan fingerprint density at radius 2 is 2.12 bits per heavy atom. The molecule has 0 saturated heterocycles. The smallest absolute Gasteiger partial charge is 0.340 e. The molecule has 0 saturated carbocycles. The van der Waals surface area contributed by atoms with Crippen molar-refractivity contribution >= 4 is 43.7 Å². The molecule has 0 bridgehead atoms. The third-order valence-corrected chi connectivity index (χ3v) is 6.85. The minimum absolute atomic E-state index is 0.176. The number of hydrogen-bond acceptors (Lipinski definition) is 4. The topological polar surface area (TPSA) is 72.8 Å². The molecule has 0 radical (unpaired) electrons. The summed E-state index contributed by atoms with van der Waals surface area (Å²) in [7, 11) is 1.92. The molecule has 7 heteroatoms. The second-order valence-electron chi connectivity index (χ2n) is 8.41. The van der Waals surface area contributed by atoms with Gasteiger partial charge in [-0.3, -0.25) is 4.68 Å². The van der Waals surface area contributed by atoms with Gasteiger partial charge < -0.3 is 9.30 Å². The number of esters is 1. The summed E-state index contributed by atoms with van der Waals surface area (Å²) < 4.78 is 10.6. The van der Waals surface area contributed by atoms with Crippen LogP contribution >= 0.6 is 15.9 Å². The SMILES string of the molecule is CCOC(=O)c1c2c(c3c(c1C#N)c1cc(Br)ccc1n3C(C)C)CCc1c-2cnn1C. The van der Waals surface area contributed by atoms with Gasteiger partial charge in [0.05, 0.1) is 29.4 Å². The molecule has 0 unspecified atom stereocenters. The van der Waals surface area contributed by atoms with Gasteiger partial charge >= 0.3 is 5.97 Å². The Bertz CT molecular complexity index is 1470. The molecule has 2 heterocycles. The number of aryl methyl sites for hydroxylation is 2. The summed E-state index contributed by atoms with van der Waals surface area (Å²) in [5.74, 6) is -0.459. The van der Waals surface area contributed by atoms with Crippen LogP contribution in [0.5, 0.6) is 0 Å². The van der Waals surface area contributed by atoms with Crippen molar-refractivity contribution in [1.82, 2.24) is 14.3 Å². The van der Waals surface area contributed by atoms with Crippen molar-refractivity contribution in [2.24, 2.45) is 7.05 Å². The minimum Gasteiger partial charge on any atom is -0.462 e. The predicted octanol–water partition coefficient (Wildman–Crippen LogP) is 5.69. The maximum absolute atomic E-state index is 13.3. The minimum atomic E-state index is -0.459. The van der Waals surface area contributed by atoms with E-state index >= 15 is 0 Å². The van der Waals surface area contributed by atoms with Crippen LogP contribution in [-0.2, 0) is 24.6 Å². The lowest BCUT2D eigenvalue weighted by Gasteiger charge is -2.24. The Morgan fingerprint density at radius 3 is 2.81 bits per heavy atom. The molecule has 5 rings (SSSR count). The second-order valence-corrected chi connectivity index (χ2v) is 9.33. The summed E-state index contributed by atoms with van der Waals surface area (Å²) in [6.07, 6.45) is 3.40. The molecule has 0 atom stereocenters. The van der Waals surface area contributed by atoms with Gasteiger partial charge in [0.2, 0.25) is 0 Å². The average molecular weight is 491 g/mol. The van der Waals surface area contributed by atoms with Crippen LogP contribution < -0.4 is 0 Å². The first-order valence-corrected chi connectivity index (χ1v) is 11.6. The summed E-state index contributed by atoms with van der Waals surface area (Å²) in [5.41, 5.74) is 6.68. The van der Waals surface area contributed by atoms with Crippen LogP contribution in [0.25, 0.3) is 32.9 Å². The lowest BCUT2D eigenvalue weighted by molar-refractivity contribution is 0.0527. The van der Waals surface area contributed by atoms with Crippen molar-refractivity contribution in [3.05, 3.63) is 51.3 Å². The van der Waals surface area contributed by atoms with E-state index in [9.17, 15) is 10.1 Å². The molecule has 2 aromatic carbocycles. The van der Waals surface area contributed by atoms with Crippen LogP contribution in [0, 0.1) is 11.3 Å². The van der Waals surface area contributed by atoms with Gasteiger partial charge in [-0.2, -0.15) is 10.4 Å². The maximum atomic E-state index is 13.3. The zero-order chi connectivity index (χ0) is 22.7. The normalized spacial score (nSPS) is 12.8. The molecule has 6 nitrogen and oxygen atoms in total. The number of carbonyl (C=O) groups is 1. The zero-order valence-electron chi connectivity index (χ0n) is 18.5. The van der Waals surface area contributed by atoms with E-state index in [1.807, 2.05) is 30.1 Å². The lowest BCUT2D eigenvalue weighted by atomic mass is 9.82. The van der Waals surface area contributed by atoms with Crippen LogP contribution in [0.4, 0.5) is 0 Å². The summed E-state index contributed by atoms with van der Waals surface area (Å²) in [6.45, 7) is 6.33. The first-order valence-electron chi connectivity index (χ1n) is 10.8. The number of hydrogen-bond donors (Lipinski definition) is 0. The van der Waals surface area contributed by atoms with Crippen molar-refractivity contribution < 1.29 is 9.53 Å². The van der Waals surface area contributed by atoms with E-state index in [1.54, 1.807) is 6.92 Å². The summed E-state index contributed by atoms with van der Waals surface area (Å²) in [6, 6.07) is 8.68. The quantitative estimate of drug-likeness (QED) is 0.346. The van der Waals surface area contributed by atoms with E-state index in [1.165, 1.54) is 0 Å². The lowest BCUT2D eigenvalue weighted by Crippen LogP contribution is -2.17. The van der Waals surface area contributed by atoms with Crippen molar-refractivity contribution in [1.29, 1.82) is 5.26 Å². The highest BCUT2D eigenvalue weighted by Crippen LogP contribution is 2.46. The van der Waals surface area contributed by atoms with Gasteiger partial charge in [0.15, 0.2) is 0 Å². The first kappa shape index (κ1) is 20.8. The Labute approximate surface area is 194 Å². The monoisotopic (exact) mass is 490 g/mol. The Kier molecular flexibility index (Phi) is 4.86. The highest BCUT2D eigenvalue weighted by molar-refractivity contribution is 9.10. The van der Waals surface area contributed by atoms with Gasteiger partial charge in [-0.05, 0) is 57.4 Å². The van der Waals surface area contributed by atoms with Gasteiger partial charge in [0, 0.05) is 50.7 Å². The maximum Gasteiger partial charge on any atom is 0.340 e. The van der Waals surface area contributed by atoms with Crippen LogP contribution in [0.2, 0.25) is 0 Å². The van der Waals surface area contributed by atoms with E-state index in [4.69, 9.17) is 4.74 Å². The van der Waals surface area contributed by atoms with Crippen LogP contribution in [-0.4, -0.2) is 26.9 Å². The number of nitrogens with zero attached hydrogens (tertiary/aromatic N) is 4. The van der Waals surface area contributed by atoms with Crippen LogP contribution in [0.15, 0.2) is 28.9 Å². The summed E-state index contributed by atoms with van der Waals surface area (Å²) in [5, 5.41) is 16.6. The van der Waals surface area contributed by atoms with Crippen molar-refractivity contribution in [3.8, 4) is 17.2 Å². The molecule has 162 valence electrons. The number of benzene rings is 2. The highest BCUT2D eigenvalue weighted by atomic mass is 79.9. The van der Waals surface area contributed by atoms with Crippen molar-refractivity contribution in [2.75, 3.05) is 6.61 Å². The second kappa shape index (κ2) is 7.49. The van der Waals surface area contributed by atoms with E-state index in [0.717, 1.165) is 61.5 Å².